The van der Waals surface area contributed by atoms with Crippen molar-refractivity contribution in [1.29, 1.82) is 0 Å². The highest BCUT2D eigenvalue weighted by Gasteiger charge is 2.09. The van der Waals surface area contributed by atoms with Crippen LogP contribution in [-0.2, 0) is 11.3 Å². The first kappa shape index (κ1) is 15.9. The number of aromatic nitrogens is 3. The number of nitrogens with zero attached hydrogens (tertiary/aromatic N) is 3. The molecule has 2 amide bonds. The fourth-order valence-corrected chi connectivity index (χ4v) is 1.43. The van der Waals surface area contributed by atoms with E-state index in [1.807, 2.05) is 6.92 Å². The molecule has 0 aliphatic carbocycles. The van der Waals surface area contributed by atoms with Crippen LogP contribution in [0.3, 0.4) is 0 Å². The number of carboxylic acids is 1. The third-order valence-corrected chi connectivity index (χ3v) is 2.52. The lowest BCUT2D eigenvalue weighted by Gasteiger charge is -2.13. The lowest BCUT2D eigenvalue weighted by atomic mass is 10.2. The molecule has 9 nitrogen and oxygen atoms in total. The van der Waals surface area contributed by atoms with Gasteiger partial charge in [0, 0.05) is 26.3 Å². The summed E-state index contributed by atoms with van der Waals surface area (Å²) in [5, 5.41) is 21.2. The molecule has 0 spiro atoms. The number of carbonyl (C=O) groups excluding carboxylic acids is 1. The summed E-state index contributed by atoms with van der Waals surface area (Å²) in [6.07, 6.45) is 2.04. The highest BCUT2D eigenvalue weighted by molar-refractivity contribution is 5.84. The number of rotatable bonds is 8. The number of aromatic carboxylic acids is 1. The summed E-state index contributed by atoms with van der Waals surface area (Å²) in [6, 6.07) is -0.271. The van der Waals surface area contributed by atoms with Crippen LogP contribution in [0.2, 0.25) is 0 Å². The Morgan fingerprint density at radius 2 is 2.30 bits per heavy atom. The van der Waals surface area contributed by atoms with Crippen LogP contribution in [0.5, 0.6) is 0 Å². The molecule has 20 heavy (non-hydrogen) atoms. The zero-order valence-corrected chi connectivity index (χ0v) is 11.5. The fourth-order valence-electron chi connectivity index (χ4n) is 1.43. The van der Waals surface area contributed by atoms with Crippen LogP contribution >= 0.6 is 0 Å². The van der Waals surface area contributed by atoms with Gasteiger partial charge in [-0.05, 0) is 13.3 Å². The second-order valence-electron chi connectivity index (χ2n) is 4.25. The molecule has 0 aliphatic rings. The van der Waals surface area contributed by atoms with Crippen LogP contribution in [0, 0.1) is 0 Å². The molecule has 0 aliphatic heterocycles. The van der Waals surface area contributed by atoms with Crippen molar-refractivity contribution >= 4 is 12.0 Å². The van der Waals surface area contributed by atoms with Gasteiger partial charge in [0.2, 0.25) is 0 Å². The minimum Gasteiger partial charge on any atom is -0.476 e. The second-order valence-corrected chi connectivity index (χ2v) is 4.25. The Labute approximate surface area is 116 Å². The van der Waals surface area contributed by atoms with E-state index in [9.17, 15) is 9.59 Å². The van der Waals surface area contributed by atoms with E-state index in [0.717, 1.165) is 6.42 Å². The molecule has 1 rings (SSSR count). The number of urea groups is 1. The predicted octanol–water partition coefficient (Wildman–Crippen LogP) is -0.299. The molecule has 0 bridgehead atoms. The first-order valence-corrected chi connectivity index (χ1v) is 6.19. The van der Waals surface area contributed by atoms with E-state index in [4.69, 9.17) is 9.84 Å². The van der Waals surface area contributed by atoms with Crippen molar-refractivity contribution in [3.63, 3.8) is 0 Å². The van der Waals surface area contributed by atoms with Gasteiger partial charge in [0.1, 0.15) is 0 Å². The van der Waals surface area contributed by atoms with Crippen LogP contribution < -0.4 is 10.6 Å². The van der Waals surface area contributed by atoms with Crippen LogP contribution in [0.15, 0.2) is 6.20 Å². The molecule has 1 aromatic rings. The normalized spacial score (nSPS) is 11.9. The third-order valence-electron chi connectivity index (χ3n) is 2.52. The number of ether oxygens (including phenoxy) is 1. The summed E-state index contributed by atoms with van der Waals surface area (Å²) in [4.78, 5) is 22.1. The van der Waals surface area contributed by atoms with Gasteiger partial charge in [-0.25, -0.2) is 14.3 Å². The maximum Gasteiger partial charge on any atom is 0.358 e. The van der Waals surface area contributed by atoms with Gasteiger partial charge in [-0.3, -0.25) is 0 Å². The molecular formula is C11H19N5O4. The van der Waals surface area contributed by atoms with E-state index in [-0.39, 0.29) is 17.8 Å². The van der Waals surface area contributed by atoms with Crippen molar-refractivity contribution < 1.29 is 19.4 Å². The molecule has 112 valence electrons. The van der Waals surface area contributed by atoms with Gasteiger partial charge >= 0.3 is 12.0 Å². The van der Waals surface area contributed by atoms with Gasteiger partial charge < -0.3 is 20.5 Å². The molecule has 1 aromatic heterocycles. The molecule has 0 aromatic carbocycles. The van der Waals surface area contributed by atoms with E-state index < -0.39 is 5.97 Å². The Morgan fingerprint density at radius 3 is 2.90 bits per heavy atom. The quantitative estimate of drug-likeness (QED) is 0.603. The largest absolute Gasteiger partial charge is 0.476 e. The minimum atomic E-state index is -1.13. The molecule has 0 saturated heterocycles. The van der Waals surface area contributed by atoms with E-state index in [1.54, 1.807) is 7.11 Å². The average molecular weight is 285 g/mol. The zero-order chi connectivity index (χ0) is 15.0. The Hall–Kier alpha value is -2.16. The lowest BCUT2D eigenvalue weighted by Crippen LogP contribution is -2.42. The first-order chi connectivity index (χ1) is 9.52. The van der Waals surface area contributed by atoms with Gasteiger partial charge in [-0.2, -0.15) is 0 Å². The van der Waals surface area contributed by atoms with Crippen molar-refractivity contribution in [2.24, 2.45) is 0 Å². The molecule has 9 heteroatoms. The average Bonchev–Trinajstić information content (AvgIpc) is 2.85. The van der Waals surface area contributed by atoms with Gasteiger partial charge in [0.05, 0.1) is 12.7 Å². The van der Waals surface area contributed by atoms with Crippen molar-refractivity contribution in [1.82, 2.24) is 25.6 Å². The Balaban J connectivity index is 2.22. The minimum absolute atomic E-state index is 0.0138. The summed E-state index contributed by atoms with van der Waals surface area (Å²) < 4.78 is 6.28. The van der Waals surface area contributed by atoms with Gasteiger partial charge in [-0.15, -0.1) is 5.10 Å². The highest BCUT2D eigenvalue weighted by atomic mass is 16.5. The maximum atomic E-state index is 11.5. The highest BCUT2D eigenvalue weighted by Crippen LogP contribution is 1.92. The van der Waals surface area contributed by atoms with Crippen molar-refractivity contribution in [3.05, 3.63) is 11.9 Å². The van der Waals surface area contributed by atoms with E-state index in [0.29, 0.717) is 19.7 Å². The number of amides is 2. The number of hydrogen-bond donors (Lipinski definition) is 3. The standard InChI is InChI=1S/C11H19N5O4/c1-8(3-6-20-2)13-11(19)12-4-5-16-7-9(10(17)18)14-15-16/h7-8H,3-6H2,1-2H3,(H,17,18)(H2,12,13,19). The second kappa shape index (κ2) is 8.10. The Morgan fingerprint density at radius 1 is 1.55 bits per heavy atom. The molecular weight excluding hydrogens is 266 g/mol. The number of nitrogens with one attached hydrogen (secondary N) is 2. The fraction of sp³-hybridized carbons (Fsp3) is 0.636. The van der Waals surface area contributed by atoms with Gasteiger partial charge in [-0.1, -0.05) is 5.21 Å². The SMILES string of the molecule is COCCC(C)NC(=O)NCCn1cc(C(=O)O)nn1. The predicted molar refractivity (Wildman–Crippen MR) is 69.5 cm³/mol. The molecule has 0 fully saturated rings. The number of carbonyl (C=O) groups is 2. The number of methoxy groups -OCH3 is 1. The topological polar surface area (TPSA) is 118 Å². The molecule has 0 saturated carbocycles. The van der Waals surface area contributed by atoms with Crippen LogP contribution in [0.25, 0.3) is 0 Å². The third kappa shape index (κ3) is 5.65. The summed E-state index contributed by atoms with van der Waals surface area (Å²) >= 11 is 0. The van der Waals surface area contributed by atoms with Crippen LogP contribution in [0.4, 0.5) is 4.79 Å². The molecule has 3 N–H and O–H groups in total. The Kier molecular flexibility index (Phi) is 6.44. The number of carboxylic acid groups (broad SMARTS) is 1. The molecule has 0 radical (unpaired) electrons. The van der Waals surface area contributed by atoms with E-state index in [2.05, 4.69) is 20.9 Å². The summed E-state index contributed by atoms with van der Waals surface area (Å²) in [7, 11) is 1.61. The maximum absolute atomic E-state index is 11.5. The van der Waals surface area contributed by atoms with Gasteiger partial charge in [0.15, 0.2) is 5.69 Å². The van der Waals surface area contributed by atoms with Crippen LogP contribution in [-0.4, -0.2) is 58.4 Å². The van der Waals surface area contributed by atoms with E-state index >= 15 is 0 Å². The van der Waals surface area contributed by atoms with Crippen molar-refractivity contribution in [2.45, 2.75) is 25.9 Å². The van der Waals surface area contributed by atoms with Crippen molar-refractivity contribution in [2.75, 3.05) is 20.3 Å². The monoisotopic (exact) mass is 285 g/mol. The summed E-state index contributed by atoms with van der Waals surface area (Å²) in [6.45, 7) is 3.14. The Bertz CT molecular complexity index is 448. The number of hydrogen-bond acceptors (Lipinski definition) is 5. The van der Waals surface area contributed by atoms with Gasteiger partial charge in [0.25, 0.3) is 0 Å². The summed E-state index contributed by atoms with van der Waals surface area (Å²) in [5.74, 6) is -1.13. The molecule has 1 heterocycles. The zero-order valence-electron chi connectivity index (χ0n) is 11.5. The first-order valence-electron chi connectivity index (χ1n) is 6.19. The van der Waals surface area contributed by atoms with Crippen molar-refractivity contribution in [3.8, 4) is 0 Å². The lowest BCUT2D eigenvalue weighted by molar-refractivity contribution is 0.0690. The summed E-state index contributed by atoms with van der Waals surface area (Å²) in [5.41, 5.74) is -0.123. The smallest absolute Gasteiger partial charge is 0.358 e. The molecule has 1 unspecified atom stereocenters. The van der Waals surface area contributed by atoms with E-state index in [1.165, 1.54) is 10.9 Å². The molecule has 1 atom stereocenters. The van der Waals surface area contributed by atoms with Crippen LogP contribution in [0.1, 0.15) is 23.8 Å².